The highest BCUT2D eigenvalue weighted by atomic mass is 35.7. The molecule has 1 aromatic heterocycles. The van der Waals surface area contributed by atoms with Crippen LogP contribution in [0.25, 0.3) is 10.8 Å². The summed E-state index contributed by atoms with van der Waals surface area (Å²) >= 11 is 0. The van der Waals surface area contributed by atoms with Crippen LogP contribution in [0.1, 0.15) is 0 Å². The molecule has 2 rings (SSSR count). The Labute approximate surface area is 93.3 Å². The monoisotopic (exact) mass is 260 g/mol. The third kappa shape index (κ3) is 1.74. The van der Waals surface area contributed by atoms with Crippen molar-refractivity contribution >= 4 is 30.5 Å². The van der Waals surface area contributed by atoms with E-state index in [1.807, 2.05) is 0 Å². The molecule has 0 unspecified atom stereocenters. The zero-order valence-electron chi connectivity index (χ0n) is 7.65. The number of fused-ring (bicyclic) bond motifs is 1. The zero-order chi connectivity index (χ0) is 11.9. The first-order valence-corrected chi connectivity index (χ1v) is 6.40. The summed E-state index contributed by atoms with van der Waals surface area (Å²) in [6, 6.07) is 3.46. The van der Waals surface area contributed by atoms with Crippen LogP contribution in [0.2, 0.25) is 0 Å². The van der Waals surface area contributed by atoms with Gasteiger partial charge in [0, 0.05) is 10.7 Å². The number of H-pyrrole nitrogens is 2. The number of benzene rings is 1. The predicted octanol–water partition coefficient (Wildman–Crippen LogP) is 0.144. The van der Waals surface area contributed by atoms with Crippen molar-refractivity contribution < 1.29 is 8.42 Å². The van der Waals surface area contributed by atoms with E-state index in [4.69, 9.17) is 10.7 Å². The largest absolute Gasteiger partial charge is 0.270 e. The van der Waals surface area contributed by atoms with Crippen molar-refractivity contribution in [1.82, 2.24) is 10.2 Å². The van der Waals surface area contributed by atoms with Crippen molar-refractivity contribution in [2.45, 2.75) is 4.90 Å². The van der Waals surface area contributed by atoms with Crippen molar-refractivity contribution in [2.75, 3.05) is 0 Å². The molecular weight excluding hydrogens is 256 g/mol. The van der Waals surface area contributed by atoms with Crippen molar-refractivity contribution in [3.05, 3.63) is 38.9 Å². The third-order valence-electron chi connectivity index (χ3n) is 2.05. The van der Waals surface area contributed by atoms with Gasteiger partial charge in [-0.3, -0.25) is 19.8 Å². The fraction of sp³-hybridized carbons (Fsp3) is 0. The molecule has 0 atom stereocenters. The maximum atomic E-state index is 11.3. The van der Waals surface area contributed by atoms with Crippen LogP contribution in [0.3, 0.4) is 0 Å². The summed E-state index contributed by atoms with van der Waals surface area (Å²) in [5, 5.41) is 4.30. The molecule has 8 heteroatoms. The fourth-order valence-corrected chi connectivity index (χ4v) is 2.09. The van der Waals surface area contributed by atoms with Gasteiger partial charge in [-0.1, -0.05) is 0 Å². The van der Waals surface area contributed by atoms with E-state index < -0.39 is 20.2 Å². The number of hydrogen-bond donors (Lipinski definition) is 2. The molecule has 0 fully saturated rings. The number of hydrogen-bond acceptors (Lipinski definition) is 4. The minimum Gasteiger partial charge on any atom is -0.267 e. The molecule has 0 spiro atoms. The van der Waals surface area contributed by atoms with Gasteiger partial charge in [-0.2, -0.15) is 0 Å². The van der Waals surface area contributed by atoms with Gasteiger partial charge in [0.05, 0.1) is 15.7 Å². The molecule has 0 saturated carbocycles. The van der Waals surface area contributed by atoms with Crippen LogP contribution in [0.5, 0.6) is 0 Å². The van der Waals surface area contributed by atoms with E-state index in [0.29, 0.717) is 0 Å². The van der Waals surface area contributed by atoms with Crippen LogP contribution < -0.4 is 11.1 Å². The summed E-state index contributed by atoms with van der Waals surface area (Å²) in [4.78, 5) is 22.4. The van der Waals surface area contributed by atoms with Crippen LogP contribution in [0, 0.1) is 0 Å². The van der Waals surface area contributed by atoms with Crippen LogP contribution in [0.4, 0.5) is 0 Å². The number of nitrogens with one attached hydrogen (secondary N) is 2. The molecule has 16 heavy (non-hydrogen) atoms. The maximum Gasteiger partial charge on any atom is 0.270 e. The van der Waals surface area contributed by atoms with Crippen molar-refractivity contribution in [1.29, 1.82) is 0 Å². The molecule has 2 N–H and O–H groups in total. The summed E-state index contributed by atoms with van der Waals surface area (Å²) in [6.07, 6.45) is 0. The molecule has 0 aliphatic rings. The van der Waals surface area contributed by atoms with E-state index >= 15 is 0 Å². The fourth-order valence-electron chi connectivity index (χ4n) is 1.31. The maximum absolute atomic E-state index is 11.3. The van der Waals surface area contributed by atoms with Crippen LogP contribution in [-0.2, 0) is 9.05 Å². The lowest BCUT2D eigenvalue weighted by atomic mass is 10.2. The van der Waals surface area contributed by atoms with Crippen molar-refractivity contribution in [3.8, 4) is 0 Å². The molecule has 0 amide bonds. The molecule has 6 nitrogen and oxygen atoms in total. The smallest absolute Gasteiger partial charge is 0.267 e. The van der Waals surface area contributed by atoms with Crippen molar-refractivity contribution in [3.63, 3.8) is 0 Å². The topological polar surface area (TPSA) is 99.9 Å². The predicted molar refractivity (Wildman–Crippen MR) is 58.2 cm³/mol. The number of rotatable bonds is 1. The average molecular weight is 261 g/mol. The van der Waals surface area contributed by atoms with Gasteiger partial charge in [-0.15, -0.1) is 0 Å². The summed E-state index contributed by atoms with van der Waals surface area (Å²) in [6.45, 7) is 0. The highest BCUT2D eigenvalue weighted by Crippen LogP contribution is 2.17. The summed E-state index contributed by atoms with van der Waals surface area (Å²) in [7, 11) is 1.21. The van der Waals surface area contributed by atoms with Gasteiger partial charge in [0.2, 0.25) is 0 Å². The lowest BCUT2D eigenvalue weighted by molar-refractivity contribution is 0.609. The normalized spacial score (nSPS) is 11.8. The quantitative estimate of drug-likeness (QED) is 0.713. The third-order valence-corrected chi connectivity index (χ3v) is 3.40. The van der Waals surface area contributed by atoms with Gasteiger partial charge in [0.1, 0.15) is 0 Å². The van der Waals surface area contributed by atoms with E-state index in [1.165, 1.54) is 12.1 Å². The second-order valence-electron chi connectivity index (χ2n) is 3.05. The Balaban J connectivity index is 2.98. The Morgan fingerprint density at radius 1 is 1.00 bits per heavy atom. The van der Waals surface area contributed by atoms with E-state index in [-0.39, 0.29) is 15.7 Å². The van der Waals surface area contributed by atoms with Gasteiger partial charge in [-0.05, 0) is 18.2 Å². The highest BCUT2D eigenvalue weighted by molar-refractivity contribution is 8.13. The molecule has 0 bridgehead atoms. The van der Waals surface area contributed by atoms with Crippen molar-refractivity contribution in [2.24, 2.45) is 0 Å². The summed E-state index contributed by atoms with van der Waals surface area (Å²) < 4.78 is 22.1. The van der Waals surface area contributed by atoms with Crippen LogP contribution >= 0.6 is 10.7 Å². The van der Waals surface area contributed by atoms with E-state index in [0.717, 1.165) is 6.07 Å². The summed E-state index contributed by atoms with van der Waals surface area (Å²) in [5.74, 6) is 0. The minimum atomic E-state index is -3.92. The Kier molecular flexibility index (Phi) is 2.36. The molecule has 0 saturated heterocycles. The molecule has 2 aromatic rings. The molecule has 1 heterocycles. The first-order valence-electron chi connectivity index (χ1n) is 4.09. The molecule has 0 aliphatic heterocycles. The molecule has 0 aliphatic carbocycles. The number of halogens is 1. The van der Waals surface area contributed by atoms with Gasteiger partial charge in [0.15, 0.2) is 0 Å². The Morgan fingerprint density at radius 3 is 2.12 bits per heavy atom. The van der Waals surface area contributed by atoms with Gasteiger partial charge >= 0.3 is 0 Å². The van der Waals surface area contributed by atoms with Gasteiger partial charge in [-0.25, -0.2) is 8.42 Å². The second kappa shape index (κ2) is 3.46. The average Bonchev–Trinajstić information content (AvgIpc) is 2.22. The second-order valence-corrected chi connectivity index (χ2v) is 5.62. The molecular formula is C8H5ClN2O4S. The molecule has 84 valence electrons. The van der Waals surface area contributed by atoms with Gasteiger partial charge < -0.3 is 0 Å². The Hall–Kier alpha value is -1.60. The first kappa shape index (κ1) is 10.9. The molecule has 0 radical (unpaired) electrons. The minimum absolute atomic E-state index is 0.0227. The lowest BCUT2D eigenvalue weighted by Gasteiger charge is -1.98. The number of aromatic nitrogens is 2. The number of aromatic amines is 2. The summed E-state index contributed by atoms with van der Waals surface area (Å²) in [5.41, 5.74) is -1.09. The SMILES string of the molecule is O=c1[nH][nH]c(=O)c2cc(S(=O)(=O)Cl)ccc12. The molecule has 1 aromatic carbocycles. The first-order chi connectivity index (χ1) is 7.39. The van der Waals surface area contributed by atoms with E-state index in [1.54, 1.807) is 0 Å². The van der Waals surface area contributed by atoms with Crippen LogP contribution in [-0.4, -0.2) is 18.6 Å². The standard InChI is InChI=1S/C8H5ClN2O4S/c9-16(14,15)4-1-2-5-6(3-4)8(13)11-10-7(5)12/h1-3H,(H,10,12)(H,11,13). The Bertz CT molecular complexity index is 774. The highest BCUT2D eigenvalue weighted by Gasteiger charge is 2.12. The van der Waals surface area contributed by atoms with Crippen LogP contribution in [0.15, 0.2) is 32.7 Å². The van der Waals surface area contributed by atoms with Gasteiger partial charge in [0.25, 0.3) is 20.2 Å². The van der Waals surface area contributed by atoms with E-state index in [9.17, 15) is 18.0 Å². The zero-order valence-corrected chi connectivity index (χ0v) is 9.22. The lowest BCUT2D eigenvalue weighted by Crippen LogP contribution is -2.19. The van der Waals surface area contributed by atoms with E-state index in [2.05, 4.69) is 10.2 Å². The Morgan fingerprint density at radius 2 is 1.56 bits per heavy atom.